The minimum absolute atomic E-state index is 0.0141. The zero-order chi connectivity index (χ0) is 19.6. The van der Waals surface area contributed by atoms with E-state index in [0.29, 0.717) is 22.0 Å². The summed E-state index contributed by atoms with van der Waals surface area (Å²) >= 11 is 6.19. The number of carbonyl (C=O) groups is 2. The molecule has 10 heteroatoms. The summed E-state index contributed by atoms with van der Waals surface area (Å²) in [5.41, 5.74) is 0.651. The normalized spacial score (nSPS) is 15.4. The van der Waals surface area contributed by atoms with Gasteiger partial charge in [0, 0.05) is 23.8 Å². The number of amides is 1. The van der Waals surface area contributed by atoms with Crippen LogP contribution >= 0.6 is 24.0 Å². The number of nitrogens with zero attached hydrogens (tertiary/aromatic N) is 2. The molecule has 0 N–H and O–H groups in total. The standard InChI is InChI=1S/C17H12N2O6S2/c1-24-15(20)9-18-16(21)14(27-17(18)26)8-12-6-7-13(25-12)10-2-4-11(5-3-10)19(22)23/h2-8H,9H2,1H3/b14-8+. The Morgan fingerprint density at radius 2 is 2.04 bits per heavy atom. The first-order chi connectivity index (χ1) is 12.9. The minimum atomic E-state index is -0.564. The Kier molecular flexibility index (Phi) is 5.38. The van der Waals surface area contributed by atoms with Crippen molar-refractivity contribution < 1.29 is 23.7 Å². The summed E-state index contributed by atoms with van der Waals surface area (Å²) in [6, 6.07) is 9.30. The van der Waals surface area contributed by atoms with Gasteiger partial charge in [0.25, 0.3) is 11.6 Å². The van der Waals surface area contributed by atoms with Crippen molar-refractivity contribution in [3.05, 3.63) is 57.2 Å². The number of esters is 1. The maximum atomic E-state index is 12.4. The van der Waals surface area contributed by atoms with E-state index in [9.17, 15) is 19.7 Å². The zero-order valence-electron chi connectivity index (χ0n) is 13.9. The van der Waals surface area contributed by atoms with Gasteiger partial charge in [0.2, 0.25) is 0 Å². The quantitative estimate of drug-likeness (QED) is 0.246. The molecular weight excluding hydrogens is 392 g/mol. The average Bonchev–Trinajstić information content (AvgIpc) is 3.22. The van der Waals surface area contributed by atoms with Gasteiger partial charge in [-0.15, -0.1) is 0 Å². The SMILES string of the molecule is COC(=O)CN1C(=O)/C(=C\c2ccc(-c3ccc([N+](=O)[O-])cc3)o2)SC1=S. The molecule has 0 atom stereocenters. The topological polar surface area (TPSA) is 103 Å². The second-order valence-corrected chi connectivity index (χ2v) is 7.03. The van der Waals surface area contributed by atoms with Crippen LogP contribution in [0.15, 0.2) is 45.7 Å². The van der Waals surface area contributed by atoms with E-state index >= 15 is 0 Å². The van der Waals surface area contributed by atoms with Crippen molar-refractivity contribution in [1.29, 1.82) is 0 Å². The summed E-state index contributed by atoms with van der Waals surface area (Å²) < 4.78 is 10.5. The highest BCUT2D eigenvalue weighted by Gasteiger charge is 2.33. The van der Waals surface area contributed by atoms with Crippen LogP contribution in [0.1, 0.15) is 5.76 Å². The van der Waals surface area contributed by atoms with E-state index in [1.54, 1.807) is 24.3 Å². The van der Waals surface area contributed by atoms with Crippen LogP contribution in [0.5, 0.6) is 0 Å². The van der Waals surface area contributed by atoms with Gasteiger partial charge >= 0.3 is 5.97 Å². The van der Waals surface area contributed by atoms with Gasteiger partial charge < -0.3 is 9.15 Å². The first kappa shape index (κ1) is 18.8. The molecule has 1 aromatic heterocycles. The second kappa shape index (κ2) is 7.72. The Morgan fingerprint density at radius 3 is 2.67 bits per heavy atom. The number of carbonyl (C=O) groups excluding carboxylic acids is 2. The predicted molar refractivity (Wildman–Crippen MR) is 103 cm³/mol. The number of furan rings is 1. The molecule has 0 aliphatic carbocycles. The minimum Gasteiger partial charge on any atom is -0.468 e. The van der Waals surface area contributed by atoms with E-state index < -0.39 is 16.8 Å². The van der Waals surface area contributed by atoms with Gasteiger partial charge in [-0.3, -0.25) is 24.6 Å². The van der Waals surface area contributed by atoms with Crippen molar-refractivity contribution in [2.24, 2.45) is 0 Å². The first-order valence-electron chi connectivity index (χ1n) is 7.56. The molecule has 1 aliphatic rings. The number of methoxy groups -OCH3 is 1. The molecule has 27 heavy (non-hydrogen) atoms. The lowest BCUT2D eigenvalue weighted by Gasteiger charge is -2.11. The van der Waals surface area contributed by atoms with Crippen molar-refractivity contribution in [2.75, 3.05) is 13.7 Å². The Morgan fingerprint density at radius 1 is 1.33 bits per heavy atom. The van der Waals surface area contributed by atoms with Crippen LogP contribution in [0.4, 0.5) is 5.69 Å². The maximum absolute atomic E-state index is 12.4. The van der Waals surface area contributed by atoms with Crippen LogP contribution in [-0.4, -0.2) is 39.7 Å². The zero-order valence-corrected chi connectivity index (χ0v) is 15.5. The van der Waals surface area contributed by atoms with E-state index in [1.807, 2.05) is 0 Å². The van der Waals surface area contributed by atoms with Gasteiger partial charge in [0.1, 0.15) is 22.4 Å². The van der Waals surface area contributed by atoms with Crippen molar-refractivity contribution in [1.82, 2.24) is 4.90 Å². The smallest absolute Gasteiger partial charge is 0.325 e. The number of non-ortho nitro benzene ring substituents is 1. The average molecular weight is 404 g/mol. The number of thioether (sulfide) groups is 1. The third-order valence-electron chi connectivity index (χ3n) is 3.65. The molecule has 0 saturated carbocycles. The molecule has 0 spiro atoms. The van der Waals surface area contributed by atoms with Crippen LogP contribution < -0.4 is 0 Å². The van der Waals surface area contributed by atoms with Gasteiger partial charge in [0.15, 0.2) is 0 Å². The molecule has 1 aromatic carbocycles. The number of rotatable bonds is 5. The molecule has 1 saturated heterocycles. The fourth-order valence-corrected chi connectivity index (χ4v) is 3.53. The number of hydrogen-bond acceptors (Lipinski definition) is 8. The molecule has 1 aliphatic heterocycles. The molecule has 138 valence electrons. The second-order valence-electron chi connectivity index (χ2n) is 5.35. The van der Waals surface area contributed by atoms with E-state index in [-0.39, 0.29) is 16.6 Å². The third-order valence-corrected chi connectivity index (χ3v) is 5.03. The molecule has 0 unspecified atom stereocenters. The highest BCUT2D eigenvalue weighted by molar-refractivity contribution is 8.26. The monoisotopic (exact) mass is 404 g/mol. The van der Waals surface area contributed by atoms with Crippen LogP contribution in [-0.2, 0) is 14.3 Å². The molecule has 3 rings (SSSR count). The predicted octanol–water partition coefficient (Wildman–Crippen LogP) is 3.23. The number of benzene rings is 1. The molecule has 1 amide bonds. The van der Waals surface area contributed by atoms with E-state index in [1.165, 1.54) is 25.3 Å². The lowest BCUT2D eigenvalue weighted by atomic mass is 10.1. The Balaban J connectivity index is 1.78. The maximum Gasteiger partial charge on any atom is 0.325 e. The summed E-state index contributed by atoms with van der Waals surface area (Å²) in [7, 11) is 1.23. The van der Waals surface area contributed by atoms with Gasteiger partial charge in [-0.2, -0.15) is 0 Å². The van der Waals surface area contributed by atoms with E-state index in [4.69, 9.17) is 16.6 Å². The number of nitro groups is 1. The van der Waals surface area contributed by atoms with Crippen LogP contribution in [0.2, 0.25) is 0 Å². The van der Waals surface area contributed by atoms with Gasteiger partial charge in [-0.05, 0) is 24.3 Å². The molecule has 1 fully saturated rings. The molecular formula is C17H12N2O6S2. The van der Waals surface area contributed by atoms with Crippen molar-refractivity contribution in [2.45, 2.75) is 0 Å². The van der Waals surface area contributed by atoms with Gasteiger partial charge in [-0.1, -0.05) is 24.0 Å². The summed E-state index contributed by atoms with van der Waals surface area (Å²) in [5.74, 6) is -0.0437. The Hall–Kier alpha value is -2.98. The van der Waals surface area contributed by atoms with Crippen molar-refractivity contribution >= 4 is 51.9 Å². The van der Waals surface area contributed by atoms with Crippen LogP contribution in [0.25, 0.3) is 17.4 Å². The number of thiocarbonyl (C=S) groups is 1. The highest BCUT2D eigenvalue weighted by atomic mass is 32.2. The van der Waals surface area contributed by atoms with E-state index in [2.05, 4.69) is 4.74 Å². The molecule has 2 heterocycles. The summed E-state index contributed by atoms with van der Waals surface area (Å²) in [5, 5.41) is 10.7. The molecule has 8 nitrogen and oxygen atoms in total. The lowest BCUT2D eigenvalue weighted by Crippen LogP contribution is -2.33. The lowest BCUT2D eigenvalue weighted by molar-refractivity contribution is -0.384. The first-order valence-corrected chi connectivity index (χ1v) is 8.78. The fourth-order valence-electron chi connectivity index (χ4n) is 2.29. The summed E-state index contributed by atoms with van der Waals surface area (Å²) in [4.78, 5) is 35.5. The van der Waals surface area contributed by atoms with Gasteiger partial charge in [-0.25, -0.2) is 0 Å². The van der Waals surface area contributed by atoms with Gasteiger partial charge in [0.05, 0.1) is 16.9 Å². The largest absolute Gasteiger partial charge is 0.468 e. The third kappa shape index (κ3) is 4.07. The Bertz CT molecular complexity index is 964. The molecule has 0 radical (unpaired) electrons. The number of ether oxygens (including phenoxy) is 1. The molecule has 0 bridgehead atoms. The van der Waals surface area contributed by atoms with Crippen molar-refractivity contribution in [3.8, 4) is 11.3 Å². The fraction of sp³-hybridized carbons (Fsp3) is 0.118. The highest BCUT2D eigenvalue weighted by Crippen LogP contribution is 2.33. The number of hydrogen-bond donors (Lipinski definition) is 0. The number of nitro benzene ring substituents is 1. The van der Waals surface area contributed by atoms with Crippen molar-refractivity contribution in [3.63, 3.8) is 0 Å². The van der Waals surface area contributed by atoms with Crippen LogP contribution in [0, 0.1) is 10.1 Å². The van der Waals surface area contributed by atoms with Crippen LogP contribution in [0.3, 0.4) is 0 Å². The van der Waals surface area contributed by atoms with E-state index in [0.717, 1.165) is 16.7 Å². The Labute approximate surface area is 162 Å². The molecule has 2 aromatic rings. The summed E-state index contributed by atoms with van der Waals surface area (Å²) in [6.45, 7) is -0.245. The summed E-state index contributed by atoms with van der Waals surface area (Å²) in [6.07, 6.45) is 1.53.